The number of hydrogen-bond acceptors (Lipinski definition) is 6. The molecule has 4 heterocycles. The summed E-state index contributed by atoms with van der Waals surface area (Å²) in [5.41, 5.74) is 0. The highest BCUT2D eigenvalue weighted by Crippen LogP contribution is 2.36. The van der Waals surface area contributed by atoms with Gasteiger partial charge >= 0.3 is 0 Å². The smallest absolute Gasteiger partial charge is 0.292 e. The van der Waals surface area contributed by atoms with Gasteiger partial charge in [0, 0.05) is 38.7 Å². The predicted molar refractivity (Wildman–Crippen MR) is 86.1 cm³/mol. The van der Waals surface area contributed by atoms with Crippen molar-refractivity contribution >= 4 is 11.8 Å². The van der Waals surface area contributed by atoms with E-state index in [9.17, 15) is 9.59 Å². The van der Waals surface area contributed by atoms with Crippen LogP contribution < -0.4 is 4.74 Å². The number of likely N-dealkylation sites (tertiary alicyclic amines) is 2. The van der Waals surface area contributed by atoms with Crippen LogP contribution in [0.25, 0.3) is 0 Å². The molecule has 0 aromatic carbocycles. The van der Waals surface area contributed by atoms with E-state index in [-0.39, 0.29) is 41.4 Å². The van der Waals surface area contributed by atoms with Crippen molar-refractivity contribution in [2.45, 2.75) is 25.4 Å². The first-order chi connectivity index (χ1) is 12.2. The van der Waals surface area contributed by atoms with Gasteiger partial charge in [-0.15, -0.1) is 0 Å². The van der Waals surface area contributed by atoms with Crippen LogP contribution in [0.2, 0.25) is 0 Å². The highest BCUT2D eigenvalue weighted by atomic mass is 16.5. The molecule has 0 aliphatic carbocycles. The zero-order valence-corrected chi connectivity index (χ0v) is 14.3. The molecule has 3 saturated heterocycles. The highest BCUT2D eigenvalue weighted by Gasteiger charge is 2.47. The van der Waals surface area contributed by atoms with E-state index in [1.807, 2.05) is 4.90 Å². The molecule has 1 aromatic heterocycles. The number of piperidine rings is 1. The average molecular weight is 349 g/mol. The molecule has 0 spiro atoms. The van der Waals surface area contributed by atoms with Gasteiger partial charge < -0.3 is 23.8 Å². The second-order valence-electron chi connectivity index (χ2n) is 6.94. The number of fused-ring (bicyclic) bond motifs is 1. The highest BCUT2D eigenvalue weighted by molar-refractivity contribution is 5.92. The molecule has 2 amide bonds. The third-order valence-corrected chi connectivity index (χ3v) is 5.53. The van der Waals surface area contributed by atoms with E-state index in [4.69, 9.17) is 14.0 Å². The van der Waals surface area contributed by atoms with Crippen LogP contribution in [0.15, 0.2) is 10.6 Å². The van der Waals surface area contributed by atoms with E-state index in [1.165, 1.54) is 13.2 Å². The summed E-state index contributed by atoms with van der Waals surface area (Å²) in [6.45, 7) is 3.18. The minimum Gasteiger partial charge on any atom is -0.479 e. The SMILES string of the molecule is COc1cc(C(=O)N2C[C@H]3OCC[C@H]3[C@H](C(=O)N3CCCC3)C2)on1. The van der Waals surface area contributed by atoms with Crippen molar-refractivity contribution in [3.63, 3.8) is 0 Å². The molecular formula is C17H23N3O5. The molecule has 136 valence electrons. The Bertz CT molecular complexity index is 654. The van der Waals surface area contributed by atoms with Gasteiger partial charge in [-0.05, 0) is 24.4 Å². The summed E-state index contributed by atoms with van der Waals surface area (Å²) in [6.07, 6.45) is 2.92. The summed E-state index contributed by atoms with van der Waals surface area (Å²) < 4.78 is 15.8. The molecule has 3 fully saturated rings. The van der Waals surface area contributed by atoms with E-state index in [2.05, 4.69) is 5.16 Å². The standard InChI is InChI=1S/C17H23N3O5/c1-23-15-8-13(25-18-15)17(22)20-9-12(11-4-7-24-14(11)10-20)16(21)19-5-2-3-6-19/h8,11-12,14H,2-7,9-10H2,1H3/t11-,12+,14+/m0/s1. The van der Waals surface area contributed by atoms with E-state index < -0.39 is 0 Å². The van der Waals surface area contributed by atoms with E-state index in [0.717, 1.165) is 32.4 Å². The number of methoxy groups -OCH3 is 1. The lowest BCUT2D eigenvalue weighted by molar-refractivity contribution is -0.139. The lowest BCUT2D eigenvalue weighted by atomic mass is 9.81. The quantitative estimate of drug-likeness (QED) is 0.802. The zero-order chi connectivity index (χ0) is 17.4. The third-order valence-electron chi connectivity index (χ3n) is 5.53. The number of rotatable bonds is 3. The third kappa shape index (κ3) is 2.99. The summed E-state index contributed by atoms with van der Waals surface area (Å²) in [5.74, 6) is 0.268. The Morgan fingerprint density at radius 1 is 1.24 bits per heavy atom. The van der Waals surface area contributed by atoms with Crippen LogP contribution in [0, 0.1) is 11.8 Å². The number of hydrogen-bond donors (Lipinski definition) is 0. The van der Waals surface area contributed by atoms with Crippen molar-refractivity contribution in [1.82, 2.24) is 15.0 Å². The topological polar surface area (TPSA) is 85.1 Å². The van der Waals surface area contributed by atoms with Crippen LogP contribution in [0.5, 0.6) is 5.88 Å². The fraction of sp³-hybridized carbons (Fsp3) is 0.706. The van der Waals surface area contributed by atoms with Gasteiger partial charge in [-0.1, -0.05) is 0 Å². The van der Waals surface area contributed by atoms with Crippen LogP contribution in [-0.2, 0) is 9.53 Å². The molecule has 8 nitrogen and oxygen atoms in total. The number of ether oxygens (including phenoxy) is 2. The van der Waals surface area contributed by atoms with Crippen LogP contribution in [0.4, 0.5) is 0 Å². The minimum atomic E-state index is -0.274. The lowest BCUT2D eigenvalue weighted by Gasteiger charge is -2.40. The maximum atomic E-state index is 13.0. The number of carbonyl (C=O) groups is 2. The molecule has 3 atom stereocenters. The van der Waals surface area contributed by atoms with Gasteiger partial charge in [-0.2, -0.15) is 0 Å². The lowest BCUT2D eigenvalue weighted by Crippen LogP contribution is -2.54. The van der Waals surface area contributed by atoms with E-state index in [1.54, 1.807) is 4.90 Å². The first-order valence-corrected chi connectivity index (χ1v) is 8.87. The molecule has 0 saturated carbocycles. The minimum absolute atomic E-state index is 0.0842. The van der Waals surface area contributed by atoms with Gasteiger partial charge in [0.1, 0.15) is 0 Å². The molecule has 25 heavy (non-hydrogen) atoms. The summed E-state index contributed by atoms with van der Waals surface area (Å²) in [5, 5.41) is 3.68. The molecule has 0 unspecified atom stereocenters. The Morgan fingerprint density at radius 3 is 2.76 bits per heavy atom. The molecule has 0 N–H and O–H groups in total. The van der Waals surface area contributed by atoms with Gasteiger partial charge in [0.25, 0.3) is 11.8 Å². The second-order valence-corrected chi connectivity index (χ2v) is 6.94. The summed E-state index contributed by atoms with van der Waals surface area (Å²) in [4.78, 5) is 29.3. The molecule has 4 rings (SSSR count). The summed E-state index contributed by atoms with van der Waals surface area (Å²) in [6, 6.07) is 1.47. The van der Waals surface area contributed by atoms with Gasteiger partial charge in [0.05, 0.1) is 25.2 Å². The number of carbonyl (C=O) groups excluding carboxylic acids is 2. The van der Waals surface area contributed by atoms with Gasteiger partial charge in [-0.3, -0.25) is 9.59 Å². The van der Waals surface area contributed by atoms with Gasteiger partial charge in [0.2, 0.25) is 11.7 Å². The van der Waals surface area contributed by atoms with Crippen LogP contribution in [0.1, 0.15) is 29.8 Å². The normalized spacial score (nSPS) is 28.9. The zero-order valence-electron chi connectivity index (χ0n) is 14.3. The summed E-state index contributed by atoms with van der Waals surface area (Å²) >= 11 is 0. The molecular weight excluding hydrogens is 326 g/mol. The van der Waals surface area contributed by atoms with Crippen molar-refractivity contribution in [2.75, 3.05) is 39.9 Å². The summed E-state index contributed by atoms with van der Waals surface area (Å²) in [7, 11) is 1.47. The van der Waals surface area contributed by atoms with Crippen molar-refractivity contribution in [3.05, 3.63) is 11.8 Å². The molecule has 0 radical (unpaired) electrons. The molecule has 3 aliphatic heterocycles. The fourth-order valence-electron chi connectivity index (χ4n) is 4.19. The van der Waals surface area contributed by atoms with Crippen molar-refractivity contribution in [3.8, 4) is 5.88 Å². The van der Waals surface area contributed by atoms with Crippen molar-refractivity contribution < 1.29 is 23.6 Å². The Labute approximate surface area is 146 Å². The Balaban J connectivity index is 1.53. The largest absolute Gasteiger partial charge is 0.479 e. The molecule has 8 heteroatoms. The van der Waals surface area contributed by atoms with Crippen LogP contribution in [0.3, 0.4) is 0 Å². The first kappa shape index (κ1) is 16.4. The number of nitrogens with zero attached hydrogens (tertiary/aromatic N) is 3. The molecule has 0 bridgehead atoms. The average Bonchev–Trinajstić information content (AvgIpc) is 3.40. The van der Waals surface area contributed by atoms with Gasteiger partial charge in [0.15, 0.2) is 0 Å². The maximum absolute atomic E-state index is 13.0. The van der Waals surface area contributed by atoms with E-state index >= 15 is 0 Å². The van der Waals surface area contributed by atoms with Crippen LogP contribution in [-0.4, -0.2) is 72.8 Å². The fourth-order valence-corrected chi connectivity index (χ4v) is 4.19. The Morgan fingerprint density at radius 2 is 2.04 bits per heavy atom. The van der Waals surface area contributed by atoms with Crippen LogP contribution >= 0.6 is 0 Å². The van der Waals surface area contributed by atoms with Gasteiger partial charge in [-0.25, -0.2) is 0 Å². The Hall–Kier alpha value is -2.09. The maximum Gasteiger partial charge on any atom is 0.292 e. The molecule has 1 aromatic rings. The van der Waals surface area contributed by atoms with Crippen molar-refractivity contribution in [2.24, 2.45) is 11.8 Å². The number of aromatic nitrogens is 1. The molecule has 3 aliphatic rings. The second kappa shape index (κ2) is 6.67. The monoisotopic (exact) mass is 349 g/mol. The van der Waals surface area contributed by atoms with Crippen molar-refractivity contribution in [1.29, 1.82) is 0 Å². The number of amides is 2. The Kier molecular flexibility index (Phi) is 4.37. The van der Waals surface area contributed by atoms with E-state index in [0.29, 0.717) is 19.7 Å². The first-order valence-electron chi connectivity index (χ1n) is 8.87. The predicted octanol–water partition coefficient (Wildman–Crippen LogP) is 0.783.